The molecule has 0 bridgehead atoms. The highest BCUT2D eigenvalue weighted by Gasteiger charge is 2.40. The molecule has 1 saturated heterocycles. The maximum atomic E-state index is 13.7. The Bertz CT molecular complexity index is 1510. The van der Waals surface area contributed by atoms with Gasteiger partial charge in [-0.15, -0.1) is 11.3 Å². The van der Waals surface area contributed by atoms with E-state index in [0.29, 0.717) is 27.3 Å². The number of aromatic carboxylic acids is 1. The van der Waals surface area contributed by atoms with Gasteiger partial charge in [0.15, 0.2) is 11.6 Å². The van der Waals surface area contributed by atoms with E-state index < -0.39 is 50.7 Å². The molecule has 0 radical (unpaired) electrons. The minimum absolute atomic E-state index is 0.186. The van der Waals surface area contributed by atoms with Crippen molar-refractivity contribution in [1.82, 2.24) is 4.90 Å². The van der Waals surface area contributed by atoms with Crippen LogP contribution in [0, 0.1) is 11.6 Å². The second-order valence-corrected chi connectivity index (χ2v) is 12.9. The average molecular weight is 605 g/mol. The molecule has 7 nitrogen and oxygen atoms in total. The van der Waals surface area contributed by atoms with Gasteiger partial charge in [-0.05, 0) is 59.3 Å². The molecule has 1 aliphatic heterocycles. The number of nitrogens with one attached hydrogen (secondary N) is 1. The van der Waals surface area contributed by atoms with Crippen molar-refractivity contribution in [3.05, 3.63) is 74.8 Å². The Hall–Kier alpha value is -3.39. The Morgan fingerprint density at radius 1 is 1.15 bits per heavy atom. The van der Waals surface area contributed by atoms with E-state index in [0.717, 1.165) is 36.0 Å². The van der Waals surface area contributed by atoms with Crippen LogP contribution in [-0.4, -0.2) is 52.8 Å². The number of carboxylic acid groups (broad SMARTS) is 1. The Balaban J connectivity index is 1.55. The second-order valence-electron chi connectivity index (χ2n) is 8.60. The lowest BCUT2D eigenvalue weighted by Crippen LogP contribution is -2.46. The summed E-state index contributed by atoms with van der Waals surface area (Å²) in [6.45, 7) is 2.09. The number of carbonyl (C=O) groups excluding carboxylic acids is 2. The van der Waals surface area contributed by atoms with Gasteiger partial charge in [-0.2, -0.15) is 0 Å². The van der Waals surface area contributed by atoms with Crippen molar-refractivity contribution in [2.24, 2.45) is 0 Å². The van der Waals surface area contributed by atoms with Gasteiger partial charge < -0.3 is 15.5 Å². The van der Waals surface area contributed by atoms with Crippen molar-refractivity contribution in [3.63, 3.8) is 0 Å². The van der Waals surface area contributed by atoms with Gasteiger partial charge in [-0.3, -0.25) is 14.5 Å². The lowest BCUT2D eigenvalue weighted by molar-refractivity contribution is -0.130. The van der Waals surface area contributed by atoms with Crippen molar-refractivity contribution < 1.29 is 33.4 Å². The maximum Gasteiger partial charge on any atom is 0.339 e. The van der Waals surface area contributed by atoms with E-state index in [9.17, 15) is 28.3 Å². The minimum atomic E-state index is -1.30. The standard InChI is InChI=1S/C26H22F2N2O5S3Si/c1-39-7-6-20(23(32)29-15-3-4-17(25(34)35)21(31)10-15)30-24(33)22(38-26(30)36)11-16-8-14(12-37-16)13-2-5-18(27)19(28)9-13/h2-5,8-12,20,31H,6-7,39H2,1H3,(H,29,32)(H,34,35)/t20-/m0/s1. The predicted molar refractivity (Wildman–Crippen MR) is 156 cm³/mol. The van der Waals surface area contributed by atoms with E-state index in [1.165, 1.54) is 34.4 Å². The molecule has 1 aliphatic rings. The van der Waals surface area contributed by atoms with Gasteiger partial charge in [0.05, 0.1) is 4.91 Å². The largest absolute Gasteiger partial charge is 0.507 e. The number of nitrogens with zero attached hydrogens (tertiary/aromatic N) is 1. The molecule has 2 heterocycles. The smallest absolute Gasteiger partial charge is 0.339 e. The number of phenols is 1. The predicted octanol–water partition coefficient (Wildman–Crippen LogP) is 5.33. The number of thioether (sulfide) groups is 1. The van der Waals surface area contributed by atoms with Crippen LogP contribution < -0.4 is 5.32 Å². The molecule has 0 spiro atoms. The Labute approximate surface area is 238 Å². The molecule has 13 heteroatoms. The third-order valence-corrected chi connectivity index (χ3v) is 9.24. The fourth-order valence-electron chi connectivity index (χ4n) is 3.92. The number of thiocarbonyl (C=S) groups is 1. The van der Waals surface area contributed by atoms with E-state index in [1.54, 1.807) is 17.5 Å². The zero-order valence-corrected chi connectivity index (χ0v) is 24.3. The minimum Gasteiger partial charge on any atom is -0.507 e. The molecule has 0 saturated carbocycles. The highest BCUT2D eigenvalue weighted by Crippen LogP contribution is 2.37. The summed E-state index contributed by atoms with van der Waals surface area (Å²) in [5.41, 5.74) is 1.05. The van der Waals surface area contributed by atoms with Gasteiger partial charge in [0.1, 0.15) is 21.7 Å². The number of rotatable bonds is 9. The number of aromatic hydroxyl groups is 1. The van der Waals surface area contributed by atoms with Crippen molar-refractivity contribution in [2.45, 2.75) is 25.1 Å². The Morgan fingerprint density at radius 3 is 2.59 bits per heavy atom. The van der Waals surface area contributed by atoms with E-state index in [2.05, 4.69) is 11.9 Å². The van der Waals surface area contributed by atoms with E-state index >= 15 is 0 Å². The average Bonchev–Trinajstić information content (AvgIpc) is 3.45. The highest BCUT2D eigenvalue weighted by molar-refractivity contribution is 8.26. The van der Waals surface area contributed by atoms with Gasteiger partial charge in [0, 0.05) is 26.2 Å². The van der Waals surface area contributed by atoms with Gasteiger partial charge in [0.25, 0.3) is 5.91 Å². The summed E-state index contributed by atoms with van der Waals surface area (Å²) in [4.78, 5) is 40.1. The maximum absolute atomic E-state index is 13.7. The van der Waals surface area contributed by atoms with Gasteiger partial charge in [0.2, 0.25) is 5.91 Å². The number of hydrogen-bond donors (Lipinski definition) is 3. The normalized spacial score (nSPS) is 15.5. The SMILES string of the molecule is C[SiH2]CC[C@@H](C(=O)Nc1ccc(C(=O)O)c(O)c1)N1C(=O)C(=Cc2cc(-c3ccc(F)c(F)c3)cs2)SC1=S. The summed E-state index contributed by atoms with van der Waals surface area (Å²) in [5.74, 6) is -4.61. The first-order chi connectivity index (χ1) is 18.6. The third-order valence-electron chi connectivity index (χ3n) is 5.91. The summed E-state index contributed by atoms with van der Waals surface area (Å²) in [5, 5.41) is 23.5. The number of hydrogen-bond acceptors (Lipinski definition) is 7. The zero-order valence-electron chi connectivity index (χ0n) is 20.4. The number of carbonyl (C=O) groups is 3. The van der Waals surface area contributed by atoms with Crippen LogP contribution in [0.3, 0.4) is 0 Å². The quantitative estimate of drug-likeness (QED) is 0.172. The van der Waals surface area contributed by atoms with Crippen molar-refractivity contribution in [2.75, 3.05) is 5.32 Å². The lowest BCUT2D eigenvalue weighted by atomic mass is 10.1. The molecule has 1 atom stereocenters. The molecule has 39 heavy (non-hydrogen) atoms. The van der Waals surface area contributed by atoms with Crippen molar-refractivity contribution >= 4 is 78.7 Å². The monoisotopic (exact) mass is 604 g/mol. The Kier molecular flexibility index (Phi) is 8.95. The lowest BCUT2D eigenvalue weighted by Gasteiger charge is -2.26. The van der Waals surface area contributed by atoms with Gasteiger partial charge in [-0.25, -0.2) is 13.6 Å². The van der Waals surface area contributed by atoms with Crippen LogP contribution in [-0.2, 0) is 9.59 Å². The summed E-state index contributed by atoms with van der Waals surface area (Å²) >= 11 is 7.87. The van der Waals surface area contributed by atoms with Crippen LogP contribution in [0.25, 0.3) is 17.2 Å². The van der Waals surface area contributed by atoms with Crippen molar-refractivity contribution in [1.29, 1.82) is 0 Å². The molecule has 4 rings (SSSR count). The van der Waals surface area contributed by atoms with E-state index in [-0.39, 0.29) is 15.6 Å². The number of amides is 2. The first kappa shape index (κ1) is 28.6. The Morgan fingerprint density at radius 2 is 1.92 bits per heavy atom. The third kappa shape index (κ3) is 6.44. The van der Waals surface area contributed by atoms with Crippen LogP contribution in [0.5, 0.6) is 5.75 Å². The van der Waals surface area contributed by atoms with Crippen molar-refractivity contribution in [3.8, 4) is 16.9 Å². The summed E-state index contributed by atoms with van der Waals surface area (Å²) < 4.78 is 27.2. The van der Waals surface area contributed by atoms with E-state index in [1.807, 2.05) is 0 Å². The summed E-state index contributed by atoms with van der Waals surface area (Å²) in [6.07, 6.45) is 2.05. The fourth-order valence-corrected chi connectivity index (χ4v) is 6.99. The number of benzene rings is 2. The van der Waals surface area contributed by atoms with Crippen LogP contribution in [0.2, 0.25) is 12.6 Å². The molecule has 0 aliphatic carbocycles. The topological polar surface area (TPSA) is 107 Å². The molecule has 1 fully saturated rings. The number of thiophene rings is 1. The van der Waals surface area contributed by atoms with Crippen LogP contribution in [0.15, 0.2) is 52.7 Å². The van der Waals surface area contributed by atoms with Crippen LogP contribution in [0.1, 0.15) is 21.7 Å². The summed E-state index contributed by atoms with van der Waals surface area (Å²) in [6, 6.07) is 8.95. The molecule has 202 valence electrons. The van der Waals surface area contributed by atoms with Crippen LogP contribution >= 0.6 is 35.3 Å². The van der Waals surface area contributed by atoms with Gasteiger partial charge in [-0.1, -0.05) is 42.6 Å². The van der Waals surface area contributed by atoms with Gasteiger partial charge >= 0.3 is 5.97 Å². The molecule has 0 unspecified atom stereocenters. The fraction of sp³-hybridized carbons (Fsp3) is 0.154. The molecular weight excluding hydrogens is 583 g/mol. The number of anilines is 1. The molecular formula is C26H22F2N2O5S3Si. The summed E-state index contributed by atoms with van der Waals surface area (Å²) in [7, 11) is -0.438. The molecule has 1 aromatic heterocycles. The number of halogens is 2. The number of carboxylic acids is 1. The first-order valence-corrected chi connectivity index (χ1v) is 16.3. The molecule has 2 amide bonds. The second kappa shape index (κ2) is 12.2. The first-order valence-electron chi connectivity index (χ1n) is 11.8. The van der Waals surface area contributed by atoms with Crippen LogP contribution in [0.4, 0.5) is 14.5 Å². The zero-order chi connectivity index (χ0) is 28.3. The molecule has 3 aromatic rings. The molecule has 3 N–H and O–H groups in total. The molecule has 2 aromatic carbocycles. The highest BCUT2D eigenvalue weighted by atomic mass is 32.2. The van der Waals surface area contributed by atoms with E-state index in [4.69, 9.17) is 17.3 Å².